The summed E-state index contributed by atoms with van der Waals surface area (Å²) in [6, 6.07) is 0.00736. The zero-order valence-corrected chi connectivity index (χ0v) is 9.06. The third kappa shape index (κ3) is 2.14. The predicted molar refractivity (Wildman–Crippen MR) is 54.4 cm³/mol. The summed E-state index contributed by atoms with van der Waals surface area (Å²) < 4.78 is 5.36. The molecular formula is C10H18N2O3. The van der Waals surface area contributed by atoms with Crippen LogP contribution in [-0.4, -0.2) is 72.9 Å². The van der Waals surface area contributed by atoms with Crippen molar-refractivity contribution >= 4 is 5.91 Å². The van der Waals surface area contributed by atoms with Crippen molar-refractivity contribution in [2.75, 3.05) is 39.9 Å². The van der Waals surface area contributed by atoms with Crippen LogP contribution in [0.15, 0.2) is 0 Å². The highest BCUT2D eigenvalue weighted by Crippen LogP contribution is 2.18. The molecule has 2 aliphatic heterocycles. The summed E-state index contributed by atoms with van der Waals surface area (Å²) in [5.41, 5.74) is 0. The Bertz CT molecular complexity index is 247. The molecule has 5 heteroatoms. The number of hydrogen-bond acceptors (Lipinski definition) is 4. The summed E-state index contributed by atoms with van der Waals surface area (Å²) in [4.78, 5) is 15.7. The van der Waals surface area contributed by atoms with Gasteiger partial charge in [-0.15, -0.1) is 0 Å². The third-order valence-electron chi connectivity index (χ3n) is 3.21. The number of ether oxygens (including phenoxy) is 1. The minimum Gasteiger partial charge on any atom is -0.394 e. The van der Waals surface area contributed by atoms with Crippen molar-refractivity contribution in [3.8, 4) is 0 Å². The molecule has 0 spiro atoms. The van der Waals surface area contributed by atoms with Crippen molar-refractivity contribution in [2.24, 2.45) is 0 Å². The highest BCUT2D eigenvalue weighted by atomic mass is 16.5. The first-order valence-corrected chi connectivity index (χ1v) is 5.44. The molecule has 1 N–H and O–H groups in total. The van der Waals surface area contributed by atoms with Gasteiger partial charge in [-0.05, 0) is 6.42 Å². The van der Waals surface area contributed by atoms with E-state index in [2.05, 4.69) is 4.90 Å². The molecule has 2 fully saturated rings. The van der Waals surface area contributed by atoms with Crippen molar-refractivity contribution in [3.05, 3.63) is 0 Å². The molecule has 2 aliphatic rings. The number of rotatable bonds is 2. The van der Waals surface area contributed by atoms with E-state index in [1.54, 1.807) is 4.90 Å². The highest BCUT2D eigenvalue weighted by molar-refractivity contribution is 5.83. The minimum absolute atomic E-state index is 0.00736. The Kier molecular flexibility index (Phi) is 3.23. The molecular weight excluding hydrogens is 196 g/mol. The molecule has 0 saturated carbocycles. The number of aliphatic hydroxyl groups excluding tert-OH is 1. The number of likely N-dealkylation sites (N-methyl/N-ethyl adjacent to an activating group) is 1. The van der Waals surface area contributed by atoms with Crippen molar-refractivity contribution in [1.29, 1.82) is 0 Å². The molecule has 0 radical (unpaired) electrons. The molecule has 5 nitrogen and oxygen atoms in total. The summed E-state index contributed by atoms with van der Waals surface area (Å²) in [6.07, 6.45) is 0.769. The summed E-state index contributed by atoms with van der Waals surface area (Å²) in [7, 11) is 1.84. The van der Waals surface area contributed by atoms with E-state index >= 15 is 0 Å². The second-order valence-corrected chi connectivity index (χ2v) is 4.23. The van der Waals surface area contributed by atoms with Crippen LogP contribution in [0.4, 0.5) is 0 Å². The van der Waals surface area contributed by atoms with E-state index in [1.807, 2.05) is 7.05 Å². The zero-order valence-electron chi connectivity index (χ0n) is 9.06. The maximum absolute atomic E-state index is 11.8. The van der Waals surface area contributed by atoms with Crippen LogP contribution in [0.25, 0.3) is 0 Å². The zero-order chi connectivity index (χ0) is 10.8. The fourth-order valence-corrected chi connectivity index (χ4v) is 2.28. The van der Waals surface area contributed by atoms with Gasteiger partial charge in [0.2, 0.25) is 5.91 Å². The standard InChI is InChI=1S/C10H18N2O3/c1-11-3-2-9(10(11)14)12-4-5-15-8(6-12)7-13/h8-9,13H,2-7H2,1H3. The maximum atomic E-state index is 11.8. The smallest absolute Gasteiger partial charge is 0.239 e. The van der Waals surface area contributed by atoms with Crippen LogP contribution in [0.5, 0.6) is 0 Å². The van der Waals surface area contributed by atoms with Gasteiger partial charge in [0, 0.05) is 26.7 Å². The summed E-state index contributed by atoms with van der Waals surface area (Å²) in [5.74, 6) is 0.202. The maximum Gasteiger partial charge on any atom is 0.239 e. The Morgan fingerprint density at radius 3 is 2.93 bits per heavy atom. The molecule has 0 aromatic rings. The Morgan fingerprint density at radius 2 is 2.33 bits per heavy atom. The van der Waals surface area contributed by atoms with Gasteiger partial charge in [-0.2, -0.15) is 0 Å². The lowest BCUT2D eigenvalue weighted by atomic mass is 10.1. The Morgan fingerprint density at radius 1 is 1.53 bits per heavy atom. The second-order valence-electron chi connectivity index (χ2n) is 4.23. The Balaban J connectivity index is 1.95. The fraction of sp³-hybridized carbons (Fsp3) is 0.900. The summed E-state index contributed by atoms with van der Waals surface area (Å²) in [5, 5.41) is 9.02. The lowest BCUT2D eigenvalue weighted by Crippen LogP contribution is -2.51. The lowest BCUT2D eigenvalue weighted by Gasteiger charge is -2.35. The molecule has 0 aromatic heterocycles. The SMILES string of the molecule is CN1CCC(N2CCOC(CO)C2)C1=O. The van der Waals surface area contributed by atoms with Crippen LogP contribution in [-0.2, 0) is 9.53 Å². The van der Waals surface area contributed by atoms with E-state index in [0.29, 0.717) is 13.2 Å². The molecule has 2 saturated heterocycles. The van der Waals surface area contributed by atoms with Crippen molar-refractivity contribution in [2.45, 2.75) is 18.6 Å². The van der Waals surface area contributed by atoms with Gasteiger partial charge in [-0.1, -0.05) is 0 Å². The van der Waals surface area contributed by atoms with E-state index in [4.69, 9.17) is 9.84 Å². The van der Waals surface area contributed by atoms with Gasteiger partial charge in [0.05, 0.1) is 25.4 Å². The minimum atomic E-state index is -0.127. The summed E-state index contributed by atoms with van der Waals surface area (Å²) in [6.45, 7) is 2.94. The number of amides is 1. The van der Waals surface area contributed by atoms with Crippen LogP contribution < -0.4 is 0 Å². The van der Waals surface area contributed by atoms with Gasteiger partial charge in [0.15, 0.2) is 0 Å². The van der Waals surface area contributed by atoms with Crippen LogP contribution in [0.3, 0.4) is 0 Å². The molecule has 86 valence electrons. The normalized spacial score (nSPS) is 33.7. The fourth-order valence-electron chi connectivity index (χ4n) is 2.28. The van der Waals surface area contributed by atoms with E-state index in [9.17, 15) is 4.79 Å². The number of likely N-dealkylation sites (tertiary alicyclic amines) is 1. The second kappa shape index (κ2) is 4.47. The lowest BCUT2D eigenvalue weighted by molar-refractivity contribution is -0.134. The highest BCUT2D eigenvalue weighted by Gasteiger charge is 2.36. The third-order valence-corrected chi connectivity index (χ3v) is 3.21. The topological polar surface area (TPSA) is 53.0 Å². The van der Waals surface area contributed by atoms with E-state index < -0.39 is 0 Å². The largest absolute Gasteiger partial charge is 0.394 e. The number of nitrogens with zero attached hydrogens (tertiary/aromatic N) is 2. The average molecular weight is 214 g/mol. The van der Waals surface area contributed by atoms with Gasteiger partial charge in [-0.25, -0.2) is 0 Å². The van der Waals surface area contributed by atoms with E-state index in [-0.39, 0.29) is 24.7 Å². The molecule has 0 aliphatic carbocycles. The van der Waals surface area contributed by atoms with E-state index in [1.165, 1.54) is 0 Å². The predicted octanol–water partition coefficient (Wildman–Crippen LogP) is -1.09. The number of aliphatic hydroxyl groups is 1. The Hall–Kier alpha value is -0.650. The number of morpholine rings is 1. The van der Waals surface area contributed by atoms with Crippen molar-refractivity contribution in [1.82, 2.24) is 9.80 Å². The molecule has 2 heterocycles. The average Bonchev–Trinajstić information content (AvgIpc) is 2.60. The monoisotopic (exact) mass is 214 g/mol. The van der Waals surface area contributed by atoms with Crippen LogP contribution in [0, 0.1) is 0 Å². The van der Waals surface area contributed by atoms with Gasteiger partial charge >= 0.3 is 0 Å². The van der Waals surface area contributed by atoms with Crippen LogP contribution >= 0.6 is 0 Å². The van der Waals surface area contributed by atoms with Crippen LogP contribution in [0.2, 0.25) is 0 Å². The van der Waals surface area contributed by atoms with Crippen molar-refractivity contribution < 1.29 is 14.6 Å². The number of hydrogen-bond donors (Lipinski definition) is 1. The first kappa shape index (κ1) is 10.9. The van der Waals surface area contributed by atoms with Gasteiger partial charge < -0.3 is 14.7 Å². The first-order valence-electron chi connectivity index (χ1n) is 5.44. The van der Waals surface area contributed by atoms with Gasteiger partial charge in [0.1, 0.15) is 0 Å². The van der Waals surface area contributed by atoms with E-state index in [0.717, 1.165) is 19.5 Å². The summed E-state index contributed by atoms with van der Waals surface area (Å²) >= 11 is 0. The molecule has 1 amide bonds. The van der Waals surface area contributed by atoms with Crippen LogP contribution in [0.1, 0.15) is 6.42 Å². The molecule has 2 atom stereocenters. The molecule has 2 unspecified atom stereocenters. The number of carbonyl (C=O) groups is 1. The van der Waals surface area contributed by atoms with Crippen molar-refractivity contribution in [3.63, 3.8) is 0 Å². The molecule has 15 heavy (non-hydrogen) atoms. The van der Waals surface area contributed by atoms with Gasteiger partial charge in [-0.3, -0.25) is 9.69 Å². The van der Waals surface area contributed by atoms with Gasteiger partial charge in [0.25, 0.3) is 0 Å². The first-order chi connectivity index (χ1) is 7.22. The molecule has 0 bridgehead atoms. The molecule has 2 rings (SSSR count). The Labute approximate surface area is 89.6 Å². The molecule has 0 aromatic carbocycles. The number of carbonyl (C=O) groups excluding carboxylic acids is 1. The quantitative estimate of drug-likeness (QED) is 0.634.